The molecule has 0 aliphatic carbocycles. The Bertz CT molecular complexity index is 1040. The largest absolute Gasteiger partial charge is 0.391 e. The molecule has 0 radical (unpaired) electrons. The van der Waals surface area contributed by atoms with E-state index in [0.717, 1.165) is 35.1 Å². The molecular weight excluding hydrogens is 364 g/mol. The third kappa shape index (κ3) is 3.77. The SMILES string of the molecule is CCc1c(C)nn(CC(=O)N2C[C@@H](Cc3ccnc4ccccc34)[C@@H](O)C2)c1C. The second-order valence-corrected chi connectivity index (χ2v) is 7.98. The van der Waals surface area contributed by atoms with Crippen molar-refractivity contribution in [2.45, 2.75) is 46.3 Å². The number of benzene rings is 1. The maximum Gasteiger partial charge on any atom is 0.244 e. The van der Waals surface area contributed by atoms with Crippen molar-refractivity contribution in [2.24, 2.45) is 5.92 Å². The van der Waals surface area contributed by atoms with Gasteiger partial charge in [-0.15, -0.1) is 0 Å². The minimum atomic E-state index is -0.516. The summed E-state index contributed by atoms with van der Waals surface area (Å²) in [6.45, 7) is 7.28. The number of β-amino-alcohol motifs (C(OH)–C–C–N with tert-alkyl or cyclic N) is 1. The Morgan fingerprint density at radius 1 is 1.21 bits per heavy atom. The molecule has 1 aliphatic rings. The molecule has 4 rings (SSSR count). The van der Waals surface area contributed by atoms with Crippen molar-refractivity contribution in [3.8, 4) is 0 Å². The number of pyridine rings is 1. The van der Waals surface area contributed by atoms with E-state index in [-0.39, 0.29) is 18.4 Å². The number of rotatable bonds is 5. The van der Waals surface area contributed by atoms with Crippen molar-refractivity contribution in [1.82, 2.24) is 19.7 Å². The Morgan fingerprint density at radius 3 is 2.76 bits per heavy atom. The number of nitrogens with zero attached hydrogens (tertiary/aromatic N) is 4. The van der Waals surface area contributed by atoms with E-state index in [2.05, 4.69) is 23.1 Å². The average molecular weight is 393 g/mol. The van der Waals surface area contributed by atoms with Gasteiger partial charge >= 0.3 is 0 Å². The average Bonchev–Trinajstić information content (AvgIpc) is 3.21. The van der Waals surface area contributed by atoms with Crippen molar-refractivity contribution in [3.63, 3.8) is 0 Å². The van der Waals surface area contributed by atoms with E-state index in [4.69, 9.17) is 0 Å². The number of aliphatic hydroxyl groups excluding tert-OH is 1. The quantitative estimate of drug-likeness (QED) is 0.725. The molecule has 29 heavy (non-hydrogen) atoms. The number of amides is 1. The van der Waals surface area contributed by atoms with Gasteiger partial charge in [0.25, 0.3) is 0 Å². The molecule has 3 heterocycles. The molecule has 1 aliphatic heterocycles. The van der Waals surface area contributed by atoms with Crippen LogP contribution >= 0.6 is 0 Å². The molecule has 1 N–H and O–H groups in total. The molecule has 0 bridgehead atoms. The lowest BCUT2D eigenvalue weighted by Gasteiger charge is -2.17. The number of aliphatic hydroxyl groups is 1. The third-order valence-corrected chi connectivity index (χ3v) is 6.15. The smallest absolute Gasteiger partial charge is 0.244 e. The summed E-state index contributed by atoms with van der Waals surface area (Å²) in [5, 5.41) is 16.3. The highest BCUT2D eigenvalue weighted by Gasteiger charge is 2.34. The maximum absolute atomic E-state index is 12.9. The predicted octanol–water partition coefficient (Wildman–Crippen LogP) is 2.67. The minimum Gasteiger partial charge on any atom is -0.391 e. The third-order valence-electron chi connectivity index (χ3n) is 6.15. The van der Waals surface area contributed by atoms with E-state index >= 15 is 0 Å². The van der Waals surface area contributed by atoms with Gasteiger partial charge < -0.3 is 10.0 Å². The summed E-state index contributed by atoms with van der Waals surface area (Å²) < 4.78 is 1.80. The van der Waals surface area contributed by atoms with Crippen LogP contribution in [0, 0.1) is 19.8 Å². The number of hydrogen-bond acceptors (Lipinski definition) is 4. The summed E-state index contributed by atoms with van der Waals surface area (Å²) in [7, 11) is 0. The van der Waals surface area contributed by atoms with Gasteiger partial charge in [-0.05, 0) is 49.9 Å². The van der Waals surface area contributed by atoms with Crippen LogP contribution in [0.3, 0.4) is 0 Å². The fourth-order valence-electron chi connectivity index (χ4n) is 4.50. The Balaban J connectivity index is 1.46. The molecule has 6 heteroatoms. The molecule has 152 valence electrons. The number of aromatic nitrogens is 3. The van der Waals surface area contributed by atoms with Crippen LogP contribution in [0.2, 0.25) is 0 Å². The fourth-order valence-corrected chi connectivity index (χ4v) is 4.50. The number of carbonyl (C=O) groups excluding carboxylic acids is 1. The van der Waals surface area contributed by atoms with Gasteiger partial charge in [0, 0.05) is 36.3 Å². The highest BCUT2D eigenvalue weighted by Crippen LogP contribution is 2.26. The number of hydrogen-bond donors (Lipinski definition) is 1. The first-order chi connectivity index (χ1) is 14.0. The molecule has 1 amide bonds. The Morgan fingerprint density at radius 2 is 2.00 bits per heavy atom. The van der Waals surface area contributed by atoms with Crippen molar-refractivity contribution < 1.29 is 9.90 Å². The van der Waals surface area contributed by atoms with Gasteiger partial charge in [0.1, 0.15) is 6.54 Å². The number of para-hydroxylation sites is 1. The Labute approximate surface area is 171 Å². The van der Waals surface area contributed by atoms with Crippen molar-refractivity contribution in [2.75, 3.05) is 13.1 Å². The molecule has 3 aromatic rings. The molecule has 0 unspecified atom stereocenters. The normalized spacial score (nSPS) is 19.2. The van der Waals surface area contributed by atoms with Gasteiger partial charge in [0.2, 0.25) is 5.91 Å². The topological polar surface area (TPSA) is 71.2 Å². The molecule has 1 aromatic carbocycles. The van der Waals surface area contributed by atoms with Crippen LogP contribution in [0.5, 0.6) is 0 Å². The van der Waals surface area contributed by atoms with Crippen LogP contribution in [0.1, 0.15) is 29.4 Å². The monoisotopic (exact) mass is 392 g/mol. The summed E-state index contributed by atoms with van der Waals surface area (Å²) in [5.74, 6) is 0.0378. The van der Waals surface area contributed by atoms with Gasteiger partial charge in [0.15, 0.2) is 0 Å². The molecule has 2 aromatic heterocycles. The zero-order valence-corrected chi connectivity index (χ0v) is 17.3. The highest BCUT2D eigenvalue weighted by molar-refractivity contribution is 5.82. The molecular formula is C23H28N4O2. The summed E-state index contributed by atoms with van der Waals surface area (Å²) in [5.41, 5.74) is 5.38. The molecule has 2 atom stereocenters. The fraction of sp³-hybridized carbons (Fsp3) is 0.435. The molecule has 0 saturated carbocycles. The lowest BCUT2D eigenvalue weighted by atomic mass is 9.94. The van der Waals surface area contributed by atoms with E-state index in [9.17, 15) is 9.90 Å². The zero-order chi connectivity index (χ0) is 20.5. The number of fused-ring (bicyclic) bond motifs is 1. The summed E-state index contributed by atoms with van der Waals surface area (Å²) >= 11 is 0. The van der Waals surface area contributed by atoms with E-state index < -0.39 is 6.10 Å². The summed E-state index contributed by atoms with van der Waals surface area (Å²) in [6, 6.07) is 10.1. The molecule has 1 fully saturated rings. The van der Waals surface area contributed by atoms with Crippen molar-refractivity contribution >= 4 is 16.8 Å². The number of aryl methyl sites for hydroxylation is 1. The molecule has 6 nitrogen and oxygen atoms in total. The Hall–Kier alpha value is -2.73. The van der Waals surface area contributed by atoms with Gasteiger partial charge in [-0.3, -0.25) is 14.5 Å². The van der Waals surface area contributed by atoms with Crippen LogP contribution in [0.15, 0.2) is 36.5 Å². The number of likely N-dealkylation sites (tertiary alicyclic amines) is 1. The summed E-state index contributed by atoms with van der Waals surface area (Å²) in [4.78, 5) is 19.1. The van der Waals surface area contributed by atoms with Gasteiger partial charge in [0.05, 0.1) is 17.3 Å². The van der Waals surface area contributed by atoms with Gasteiger partial charge in [-0.25, -0.2) is 0 Å². The molecule has 0 spiro atoms. The summed E-state index contributed by atoms with van der Waals surface area (Å²) in [6.07, 6.45) is 2.94. The second-order valence-electron chi connectivity index (χ2n) is 7.98. The van der Waals surface area contributed by atoms with Crippen LogP contribution in [0.25, 0.3) is 10.9 Å². The minimum absolute atomic E-state index is 0.0133. The van der Waals surface area contributed by atoms with Crippen LogP contribution in [0.4, 0.5) is 0 Å². The van der Waals surface area contributed by atoms with Crippen LogP contribution < -0.4 is 0 Å². The highest BCUT2D eigenvalue weighted by atomic mass is 16.3. The van der Waals surface area contributed by atoms with Crippen molar-refractivity contribution in [3.05, 3.63) is 59.0 Å². The lowest BCUT2D eigenvalue weighted by Crippen LogP contribution is -2.33. The van der Waals surface area contributed by atoms with Crippen LogP contribution in [-0.2, 0) is 24.2 Å². The van der Waals surface area contributed by atoms with Crippen LogP contribution in [-0.4, -0.2) is 49.9 Å². The van der Waals surface area contributed by atoms with Gasteiger partial charge in [-0.2, -0.15) is 5.10 Å². The van der Waals surface area contributed by atoms with Crippen molar-refractivity contribution in [1.29, 1.82) is 0 Å². The van der Waals surface area contributed by atoms with E-state index in [1.54, 1.807) is 9.58 Å². The first kappa shape index (κ1) is 19.6. The standard InChI is InChI=1S/C23H28N4O2/c1-4-19-15(2)25-27(16(19)3)14-23(29)26-12-18(22(28)13-26)11-17-9-10-24-21-8-6-5-7-20(17)21/h5-10,18,22,28H,4,11-14H2,1-3H3/t18-,22+/m1/s1. The van der Waals surface area contributed by atoms with Gasteiger partial charge in [-0.1, -0.05) is 25.1 Å². The maximum atomic E-state index is 12.9. The van der Waals surface area contributed by atoms with E-state index in [1.807, 2.05) is 44.3 Å². The second kappa shape index (κ2) is 7.95. The number of carbonyl (C=O) groups is 1. The zero-order valence-electron chi connectivity index (χ0n) is 17.3. The predicted molar refractivity (Wildman–Crippen MR) is 113 cm³/mol. The molecule has 1 saturated heterocycles. The van der Waals surface area contributed by atoms with E-state index in [1.165, 1.54) is 11.1 Å². The Kier molecular flexibility index (Phi) is 5.37. The first-order valence-electron chi connectivity index (χ1n) is 10.3. The lowest BCUT2D eigenvalue weighted by molar-refractivity contribution is -0.131. The first-order valence-corrected chi connectivity index (χ1v) is 10.3. The van der Waals surface area contributed by atoms with E-state index in [0.29, 0.717) is 13.1 Å².